The molecule has 0 unspecified atom stereocenters. The summed E-state index contributed by atoms with van der Waals surface area (Å²) in [4.78, 5) is 9.24. The van der Waals surface area contributed by atoms with E-state index in [2.05, 4.69) is 45.1 Å². The number of aromatic nitrogens is 3. The normalized spacial score (nSPS) is 16.3. The molecule has 0 aliphatic carbocycles. The third-order valence-electron chi connectivity index (χ3n) is 4.28. The average molecular weight is 293 g/mol. The summed E-state index contributed by atoms with van der Waals surface area (Å²) in [6.45, 7) is 4.20. The van der Waals surface area contributed by atoms with Gasteiger partial charge in [-0.25, -0.2) is 9.67 Å². The highest BCUT2D eigenvalue weighted by Crippen LogP contribution is 2.21. The van der Waals surface area contributed by atoms with Gasteiger partial charge in [0.25, 0.3) is 0 Å². The third kappa shape index (κ3) is 2.33. The van der Waals surface area contributed by atoms with Crippen molar-refractivity contribution in [2.24, 2.45) is 0 Å². The second-order valence-electron chi connectivity index (χ2n) is 5.78. The van der Waals surface area contributed by atoms with E-state index in [0.29, 0.717) is 0 Å². The van der Waals surface area contributed by atoms with Crippen LogP contribution >= 0.6 is 0 Å². The zero-order valence-corrected chi connectivity index (χ0v) is 12.7. The first kappa shape index (κ1) is 13.3. The van der Waals surface area contributed by atoms with Crippen LogP contribution in [-0.2, 0) is 0 Å². The number of fused-ring (bicyclic) bond motifs is 1. The Morgan fingerprint density at radius 3 is 2.68 bits per heavy atom. The molecular formula is C17H19N5. The maximum Gasteiger partial charge on any atom is 0.130 e. The van der Waals surface area contributed by atoms with E-state index in [4.69, 9.17) is 0 Å². The van der Waals surface area contributed by atoms with E-state index in [1.165, 1.54) is 0 Å². The van der Waals surface area contributed by atoms with Gasteiger partial charge in [-0.1, -0.05) is 18.2 Å². The fourth-order valence-corrected chi connectivity index (χ4v) is 2.93. The topological polar surface area (TPSA) is 37.2 Å². The van der Waals surface area contributed by atoms with Crippen molar-refractivity contribution in [1.82, 2.24) is 19.7 Å². The SMILES string of the molecule is CN1CCN(c2cc(-n3ncc4ccccc43)ccn2)CC1. The fraction of sp³-hybridized carbons (Fsp3) is 0.294. The lowest BCUT2D eigenvalue weighted by molar-refractivity contribution is 0.312. The van der Waals surface area contributed by atoms with Crippen molar-refractivity contribution < 1.29 is 0 Å². The van der Waals surface area contributed by atoms with Crippen molar-refractivity contribution in [3.8, 4) is 5.69 Å². The Labute approximate surface area is 129 Å². The van der Waals surface area contributed by atoms with Gasteiger partial charge < -0.3 is 9.80 Å². The second-order valence-corrected chi connectivity index (χ2v) is 5.78. The highest BCUT2D eigenvalue weighted by Gasteiger charge is 2.16. The number of pyridine rings is 1. The van der Waals surface area contributed by atoms with E-state index in [0.717, 1.165) is 48.6 Å². The van der Waals surface area contributed by atoms with Crippen LogP contribution in [0.15, 0.2) is 48.8 Å². The molecule has 0 saturated carbocycles. The maximum absolute atomic E-state index is 4.54. The van der Waals surface area contributed by atoms with E-state index >= 15 is 0 Å². The molecule has 112 valence electrons. The molecule has 22 heavy (non-hydrogen) atoms. The molecule has 0 radical (unpaired) electrons. The summed E-state index contributed by atoms with van der Waals surface area (Å²) < 4.78 is 1.98. The minimum atomic E-state index is 1.02. The van der Waals surface area contributed by atoms with Gasteiger partial charge in [-0.2, -0.15) is 5.10 Å². The molecule has 0 atom stereocenters. The van der Waals surface area contributed by atoms with Gasteiger partial charge in [-0.15, -0.1) is 0 Å². The van der Waals surface area contributed by atoms with Gasteiger partial charge in [0, 0.05) is 43.8 Å². The summed E-state index contributed by atoms with van der Waals surface area (Å²) >= 11 is 0. The van der Waals surface area contributed by atoms with Crippen LogP contribution in [0.4, 0.5) is 5.82 Å². The second kappa shape index (κ2) is 5.42. The number of para-hydroxylation sites is 1. The van der Waals surface area contributed by atoms with Gasteiger partial charge >= 0.3 is 0 Å². The molecule has 0 spiro atoms. The molecule has 1 saturated heterocycles. The summed E-state index contributed by atoms with van der Waals surface area (Å²) in [7, 11) is 2.16. The van der Waals surface area contributed by atoms with Crippen LogP contribution in [0.1, 0.15) is 0 Å². The van der Waals surface area contributed by atoms with E-state index in [1.807, 2.05) is 35.3 Å². The van der Waals surface area contributed by atoms with Crippen molar-refractivity contribution in [2.75, 3.05) is 38.1 Å². The van der Waals surface area contributed by atoms with Crippen molar-refractivity contribution in [3.05, 3.63) is 48.8 Å². The molecule has 3 aromatic rings. The van der Waals surface area contributed by atoms with Crippen molar-refractivity contribution >= 4 is 16.7 Å². The predicted molar refractivity (Wildman–Crippen MR) is 88.6 cm³/mol. The molecule has 4 rings (SSSR count). The van der Waals surface area contributed by atoms with Crippen molar-refractivity contribution in [3.63, 3.8) is 0 Å². The zero-order chi connectivity index (χ0) is 14.9. The highest BCUT2D eigenvalue weighted by molar-refractivity contribution is 5.80. The van der Waals surface area contributed by atoms with Crippen molar-refractivity contribution in [1.29, 1.82) is 0 Å². The molecule has 1 aromatic carbocycles. The van der Waals surface area contributed by atoms with Gasteiger partial charge in [0.05, 0.1) is 17.4 Å². The minimum absolute atomic E-state index is 1.02. The third-order valence-corrected chi connectivity index (χ3v) is 4.28. The van der Waals surface area contributed by atoms with Gasteiger partial charge in [-0.3, -0.25) is 0 Å². The standard InChI is InChI=1S/C17H19N5/c1-20-8-10-21(11-9-20)17-12-15(6-7-18-17)22-16-5-3-2-4-14(16)13-19-22/h2-7,12-13H,8-11H2,1H3. The van der Waals surface area contributed by atoms with Crippen LogP contribution in [0.2, 0.25) is 0 Å². The van der Waals surface area contributed by atoms with Crippen LogP contribution in [-0.4, -0.2) is 52.9 Å². The number of piperazine rings is 1. The number of likely N-dealkylation sites (N-methyl/N-ethyl adjacent to an activating group) is 1. The Kier molecular flexibility index (Phi) is 3.27. The Morgan fingerprint density at radius 2 is 1.82 bits per heavy atom. The van der Waals surface area contributed by atoms with Gasteiger partial charge in [0.15, 0.2) is 0 Å². The Morgan fingerprint density at radius 1 is 1.00 bits per heavy atom. The molecule has 0 N–H and O–H groups in total. The van der Waals surface area contributed by atoms with Crippen LogP contribution < -0.4 is 4.90 Å². The number of nitrogens with zero attached hydrogens (tertiary/aromatic N) is 5. The highest BCUT2D eigenvalue weighted by atomic mass is 15.3. The first-order chi connectivity index (χ1) is 10.8. The largest absolute Gasteiger partial charge is 0.354 e. The molecule has 0 amide bonds. The molecule has 3 heterocycles. The van der Waals surface area contributed by atoms with Crippen LogP contribution in [0.3, 0.4) is 0 Å². The Balaban J connectivity index is 1.70. The Hall–Kier alpha value is -2.40. The summed E-state index contributed by atoms with van der Waals surface area (Å²) in [5, 5.41) is 5.68. The van der Waals surface area contributed by atoms with E-state index in [1.54, 1.807) is 0 Å². The quantitative estimate of drug-likeness (QED) is 0.726. The number of anilines is 1. The molecule has 0 bridgehead atoms. The number of hydrogen-bond donors (Lipinski definition) is 0. The summed E-state index contributed by atoms with van der Waals surface area (Å²) in [6.07, 6.45) is 3.78. The molecular weight excluding hydrogens is 274 g/mol. The molecule has 1 fully saturated rings. The maximum atomic E-state index is 4.54. The van der Waals surface area contributed by atoms with E-state index in [9.17, 15) is 0 Å². The fourth-order valence-electron chi connectivity index (χ4n) is 2.93. The van der Waals surface area contributed by atoms with E-state index < -0.39 is 0 Å². The summed E-state index contributed by atoms with van der Waals surface area (Å²) in [5.74, 6) is 1.03. The molecule has 1 aliphatic heterocycles. The van der Waals surface area contributed by atoms with Gasteiger partial charge in [-0.05, 0) is 19.2 Å². The lowest BCUT2D eigenvalue weighted by Crippen LogP contribution is -2.44. The Bertz CT molecular complexity index is 786. The van der Waals surface area contributed by atoms with E-state index in [-0.39, 0.29) is 0 Å². The molecule has 1 aliphatic rings. The summed E-state index contributed by atoms with van der Waals surface area (Å²) in [6, 6.07) is 12.4. The van der Waals surface area contributed by atoms with Crippen LogP contribution in [0, 0.1) is 0 Å². The predicted octanol–water partition coefficient (Wildman–Crippen LogP) is 2.17. The molecule has 5 heteroatoms. The first-order valence-corrected chi connectivity index (χ1v) is 7.64. The smallest absolute Gasteiger partial charge is 0.130 e. The first-order valence-electron chi connectivity index (χ1n) is 7.64. The van der Waals surface area contributed by atoms with Crippen LogP contribution in [0.25, 0.3) is 16.6 Å². The number of rotatable bonds is 2. The number of benzene rings is 1. The molecule has 5 nitrogen and oxygen atoms in total. The zero-order valence-electron chi connectivity index (χ0n) is 12.7. The number of hydrogen-bond acceptors (Lipinski definition) is 4. The monoisotopic (exact) mass is 293 g/mol. The van der Waals surface area contributed by atoms with Gasteiger partial charge in [0.1, 0.15) is 5.82 Å². The average Bonchev–Trinajstić information content (AvgIpc) is 3.00. The molecule has 2 aromatic heterocycles. The van der Waals surface area contributed by atoms with Crippen LogP contribution in [0.5, 0.6) is 0 Å². The lowest BCUT2D eigenvalue weighted by atomic mass is 10.2. The minimum Gasteiger partial charge on any atom is -0.354 e. The van der Waals surface area contributed by atoms with Gasteiger partial charge in [0.2, 0.25) is 0 Å². The summed E-state index contributed by atoms with van der Waals surface area (Å²) in [5.41, 5.74) is 2.18. The lowest BCUT2D eigenvalue weighted by Gasteiger charge is -2.33. The van der Waals surface area contributed by atoms with Crippen molar-refractivity contribution in [2.45, 2.75) is 0 Å².